The number of aliphatic imine (C=N–C) groups is 1. The van der Waals surface area contributed by atoms with Crippen LogP contribution in [-0.4, -0.2) is 23.9 Å². The highest BCUT2D eigenvalue weighted by Gasteiger charge is 2.25. The molecule has 0 aromatic heterocycles. The second-order valence-corrected chi connectivity index (χ2v) is 3.56. The van der Waals surface area contributed by atoms with Crippen LogP contribution in [0.3, 0.4) is 0 Å². The van der Waals surface area contributed by atoms with E-state index >= 15 is 0 Å². The average Bonchev–Trinajstić information content (AvgIpc) is 2.59. The van der Waals surface area contributed by atoms with Crippen molar-refractivity contribution in [2.75, 3.05) is 13.1 Å². The van der Waals surface area contributed by atoms with Gasteiger partial charge in [-0.2, -0.15) is 0 Å². The number of benzene rings is 1. The van der Waals surface area contributed by atoms with E-state index in [9.17, 15) is 4.39 Å². The van der Waals surface area contributed by atoms with Crippen LogP contribution in [0.5, 0.6) is 0 Å². The van der Waals surface area contributed by atoms with Gasteiger partial charge in [0.15, 0.2) is 5.96 Å². The molecule has 1 aliphatic heterocycles. The van der Waals surface area contributed by atoms with Crippen LogP contribution < -0.4 is 5.73 Å². The minimum atomic E-state index is -0.214. The molecular weight excluding hydrogens is 193 g/mol. The number of likely N-dealkylation sites (N-methyl/N-ethyl adjacent to an activating group) is 1. The number of halogens is 1. The molecule has 0 amide bonds. The van der Waals surface area contributed by atoms with Gasteiger partial charge in [-0.15, -0.1) is 0 Å². The zero-order valence-electron chi connectivity index (χ0n) is 8.65. The zero-order chi connectivity index (χ0) is 10.8. The first-order valence-corrected chi connectivity index (χ1v) is 5.04. The summed E-state index contributed by atoms with van der Waals surface area (Å²) < 4.78 is 13.1. The van der Waals surface area contributed by atoms with Gasteiger partial charge in [0.2, 0.25) is 0 Å². The van der Waals surface area contributed by atoms with Gasteiger partial charge < -0.3 is 10.6 Å². The van der Waals surface area contributed by atoms with Gasteiger partial charge in [0.05, 0.1) is 12.6 Å². The molecule has 3 nitrogen and oxygen atoms in total. The SMILES string of the molecule is CCN1C(N)=NCC1c1cccc(F)c1. The van der Waals surface area contributed by atoms with Gasteiger partial charge in [0.1, 0.15) is 5.82 Å². The summed E-state index contributed by atoms with van der Waals surface area (Å²) in [5.74, 6) is 0.334. The van der Waals surface area contributed by atoms with Crippen molar-refractivity contribution in [2.45, 2.75) is 13.0 Å². The summed E-state index contributed by atoms with van der Waals surface area (Å²) >= 11 is 0. The van der Waals surface area contributed by atoms with Crippen LogP contribution in [0.4, 0.5) is 4.39 Å². The molecule has 1 aromatic rings. The molecule has 0 fully saturated rings. The lowest BCUT2D eigenvalue weighted by Crippen LogP contribution is -2.35. The van der Waals surface area contributed by atoms with Gasteiger partial charge in [0.25, 0.3) is 0 Å². The van der Waals surface area contributed by atoms with E-state index in [0.29, 0.717) is 12.5 Å². The molecule has 4 heteroatoms. The van der Waals surface area contributed by atoms with Crippen molar-refractivity contribution in [1.29, 1.82) is 0 Å². The molecule has 0 saturated carbocycles. The number of nitrogens with two attached hydrogens (primary N) is 1. The van der Waals surface area contributed by atoms with Crippen molar-refractivity contribution >= 4 is 5.96 Å². The van der Waals surface area contributed by atoms with Gasteiger partial charge in [-0.3, -0.25) is 4.99 Å². The van der Waals surface area contributed by atoms with Crippen LogP contribution in [0.1, 0.15) is 18.5 Å². The van der Waals surface area contributed by atoms with Gasteiger partial charge in [-0.25, -0.2) is 4.39 Å². The van der Waals surface area contributed by atoms with Crippen molar-refractivity contribution in [1.82, 2.24) is 4.90 Å². The minimum Gasteiger partial charge on any atom is -0.370 e. The van der Waals surface area contributed by atoms with Crippen molar-refractivity contribution in [3.8, 4) is 0 Å². The summed E-state index contributed by atoms with van der Waals surface area (Å²) in [6.07, 6.45) is 0. The standard InChI is InChI=1S/C11H14FN3/c1-2-15-10(7-14-11(15)13)8-4-3-5-9(12)6-8/h3-6,10H,2,7H2,1H3,(H2,13,14). The molecule has 1 aromatic carbocycles. The van der Waals surface area contributed by atoms with Crippen molar-refractivity contribution in [3.63, 3.8) is 0 Å². The van der Waals surface area contributed by atoms with E-state index in [-0.39, 0.29) is 11.9 Å². The van der Waals surface area contributed by atoms with Crippen molar-refractivity contribution in [2.24, 2.45) is 10.7 Å². The number of hydrogen-bond acceptors (Lipinski definition) is 3. The maximum Gasteiger partial charge on any atom is 0.191 e. The number of nitrogens with zero attached hydrogens (tertiary/aromatic N) is 2. The van der Waals surface area contributed by atoms with Crippen molar-refractivity contribution < 1.29 is 4.39 Å². The normalized spacial score (nSPS) is 20.5. The van der Waals surface area contributed by atoms with Crippen LogP contribution in [0, 0.1) is 5.82 Å². The van der Waals surface area contributed by atoms with E-state index in [0.717, 1.165) is 12.1 Å². The molecule has 0 aliphatic carbocycles. The molecule has 0 radical (unpaired) electrons. The molecule has 15 heavy (non-hydrogen) atoms. The lowest BCUT2D eigenvalue weighted by atomic mass is 10.1. The van der Waals surface area contributed by atoms with Gasteiger partial charge in [0, 0.05) is 6.54 Å². The van der Waals surface area contributed by atoms with E-state index in [1.165, 1.54) is 6.07 Å². The Bertz CT molecular complexity index is 389. The third-order valence-electron chi connectivity index (χ3n) is 2.67. The first-order valence-electron chi connectivity index (χ1n) is 5.04. The molecule has 1 heterocycles. The maximum atomic E-state index is 13.1. The third kappa shape index (κ3) is 1.79. The minimum absolute atomic E-state index is 0.0886. The van der Waals surface area contributed by atoms with Crippen LogP contribution in [0.25, 0.3) is 0 Å². The largest absolute Gasteiger partial charge is 0.370 e. The number of guanidine groups is 1. The molecule has 1 unspecified atom stereocenters. The zero-order valence-corrected chi connectivity index (χ0v) is 8.65. The van der Waals surface area contributed by atoms with Crippen LogP contribution in [-0.2, 0) is 0 Å². The second-order valence-electron chi connectivity index (χ2n) is 3.56. The first kappa shape index (κ1) is 9.96. The molecular formula is C11H14FN3. The Labute approximate surface area is 88.4 Å². The summed E-state index contributed by atoms with van der Waals surface area (Å²) in [6, 6.07) is 6.70. The van der Waals surface area contributed by atoms with Crippen molar-refractivity contribution in [3.05, 3.63) is 35.6 Å². The van der Waals surface area contributed by atoms with E-state index in [2.05, 4.69) is 4.99 Å². The highest BCUT2D eigenvalue weighted by molar-refractivity contribution is 5.80. The van der Waals surface area contributed by atoms with Crippen LogP contribution in [0.2, 0.25) is 0 Å². The number of hydrogen-bond donors (Lipinski definition) is 1. The predicted octanol–water partition coefficient (Wildman–Crippen LogP) is 1.52. The molecule has 80 valence electrons. The van der Waals surface area contributed by atoms with E-state index in [1.807, 2.05) is 17.9 Å². The number of rotatable bonds is 2. The highest BCUT2D eigenvalue weighted by Crippen LogP contribution is 2.25. The first-order chi connectivity index (χ1) is 7.22. The Morgan fingerprint density at radius 3 is 3.07 bits per heavy atom. The average molecular weight is 207 g/mol. The fourth-order valence-corrected chi connectivity index (χ4v) is 1.91. The molecule has 1 aliphatic rings. The fourth-order valence-electron chi connectivity index (χ4n) is 1.91. The molecule has 2 N–H and O–H groups in total. The van der Waals surface area contributed by atoms with Gasteiger partial charge in [-0.1, -0.05) is 12.1 Å². The summed E-state index contributed by atoms with van der Waals surface area (Å²) in [5.41, 5.74) is 6.67. The molecule has 0 bridgehead atoms. The second kappa shape index (κ2) is 3.88. The maximum absolute atomic E-state index is 13.1. The van der Waals surface area contributed by atoms with E-state index in [4.69, 9.17) is 5.73 Å². The lowest BCUT2D eigenvalue weighted by molar-refractivity contribution is 0.363. The molecule has 2 rings (SSSR count). The topological polar surface area (TPSA) is 41.6 Å². The Morgan fingerprint density at radius 2 is 2.40 bits per heavy atom. The monoisotopic (exact) mass is 207 g/mol. The van der Waals surface area contributed by atoms with E-state index < -0.39 is 0 Å². The quantitative estimate of drug-likeness (QED) is 0.798. The Balaban J connectivity index is 2.26. The van der Waals surface area contributed by atoms with Gasteiger partial charge in [-0.05, 0) is 24.6 Å². The molecule has 0 spiro atoms. The predicted molar refractivity (Wildman–Crippen MR) is 58.0 cm³/mol. The third-order valence-corrected chi connectivity index (χ3v) is 2.67. The Hall–Kier alpha value is -1.58. The Morgan fingerprint density at radius 1 is 1.60 bits per heavy atom. The summed E-state index contributed by atoms with van der Waals surface area (Å²) in [5, 5.41) is 0. The molecule has 1 atom stereocenters. The van der Waals surface area contributed by atoms with Crippen LogP contribution in [0.15, 0.2) is 29.3 Å². The van der Waals surface area contributed by atoms with Crippen LogP contribution >= 0.6 is 0 Å². The van der Waals surface area contributed by atoms with E-state index in [1.54, 1.807) is 12.1 Å². The molecule has 0 saturated heterocycles. The summed E-state index contributed by atoms with van der Waals surface area (Å²) in [6.45, 7) is 3.42. The van der Waals surface area contributed by atoms with Gasteiger partial charge >= 0.3 is 0 Å². The summed E-state index contributed by atoms with van der Waals surface area (Å²) in [7, 11) is 0. The lowest BCUT2D eigenvalue weighted by Gasteiger charge is -2.24. The highest BCUT2D eigenvalue weighted by atomic mass is 19.1. The Kier molecular flexibility index (Phi) is 2.58. The fraction of sp³-hybridized carbons (Fsp3) is 0.364. The summed E-state index contributed by atoms with van der Waals surface area (Å²) in [4.78, 5) is 6.15. The smallest absolute Gasteiger partial charge is 0.191 e.